The number of oxime groups is 1. The van der Waals surface area contributed by atoms with Crippen molar-refractivity contribution in [1.29, 1.82) is 0 Å². The van der Waals surface area contributed by atoms with E-state index in [2.05, 4.69) is 70.5 Å². The molecule has 0 spiro atoms. The van der Waals surface area contributed by atoms with Gasteiger partial charge in [0.2, 0.25) is 0 Å². The third kappa shape index (κ3) is 4.94. The molecular weight excluding hydrogens is 386 g/mol. The molecule has 4 rings (SSSR count). The van der Waals surface area contributed by atoms with E-state index in [0.29, 0.717) is 12.1 Å². The van der Waals surface area contributed by atoms with Crippen LogP contribution in [0.4, 0.5) is 5.69 Å². The van der Waals surface area contributed by atoms with Crippen LogP contribution in [0, 0.1) is 13.8 Å². The first kappa shape index (κ1) is 21.1. The first-order valence-electron chi connectivity index (χ1n) is 10.8. The van der Waals surface area contributed by atoms with E-state index in [4.69, 9.17) is 4.74 Å². The SMILES string of the molecule is Cc1cc(/C(C[C@@H](c2ccc(N3CCOCC3)cc2)c2ccccc2C)=N/O)ccn1. The Hall–Kier alpha value is -3.18. The smallest absolute Gasteiger partial charge is 0.0878 e. The topological polar surface area (TPSA) is 58.0 Å². The monoisotopic (exact) mass is 415 g/mol. The van der Waals surface area contributed by atoms with Gasteiger partial charge in [-0.3, -0.25) is 4.98 Å². The summed E-state index contributed by atoms with van der Waals surface area (Å²) in [5, 5.41) is 13.5. The maximum atomic E-state index is 9.85. The highest BCUT2D eigenvalue weighted by Crippen LogP contribution is 2.33. The number of nitrogens with zero attached hydrogens (tertiary/aromatic N) is 3. The molecule has 0 bridgehead atoms. The second kappa shape index (κ2) is 9.75. The zero-order chi connectivity index (χ0) is 21.6. The molecule has 3 aromatic rings. The molecule has 31 heavy (non-hydrogen) atoms. The first-order valence-corrected chi connectivity index (χ1v) is 10.8. The Bertz CT molecular complexity index is 1040. The minimum atomic E-state index is 0.0827. The van der Waals surface area contributed by atoms with Crippen molar-refractivity contribution >= 4 is 11.4 Å². The fraction of sp³-hybridized carbons (Fsp3) is 0.308. The number of aromatic nitrogens is 1. The fourth-order valence-electron chi connectivity index (χ4n) is 4.26. The van der Waals surface area contributed by atoms with E-state index in [9.17, 15) is 5.21 Å². The van der Waals surface area contributed by atoms with E-state index in [1.54, 1.807) is 6.20 Å². The normalized spacial score (nSPS) is 15.7. The van der Waals surface area contributed by atoms with Crippen LogP contribution in [-0.2, 0) is 4.74 Å². The van der Waals surface area contributed by atoms with Gasteiger partial charge in [0.15, 0.2) is 0 Å². The van der Waals surface area contributed by atoms with Crippen molar-refractivity contribution < 1.29 is 9.94 Å². The third-order valence-electron chi connectivity index (χ3n) is 5.98. The van der Waals surface area contributed by atoms with E-state index < -0.39 is 0 Å². The maximum Gasteiger partial charge on any atom is 0.0878 e. The number of benzene rings is 2. The second-order valence-corrected chi connectivity index (χ2v) is 8.04. The van der Waals surface area contributed by atoms with Crippen molar-refractivity contribution in [3.05, 3.63) is 94.8 Å². The molecule has 2 aromatic carbocycles. The number of ether oxygens (including phenoxy) is 1. The summed E-state index contributed by atoms with van der Waals surface area (Å²) in [6.07, 6.45) is 2.36. The molecule has 0 amide bonds. The standard InChI is InChI=1S/C26H29N3O2/c1-19-5-3-4-6-24(19)25(18-26(28-30)22-11-12-27-20(2)17-22)21-7-9-23(10-8-21)29-13-15-31-16-14-29/h3-12,17,25,30H,13-16,18H2,1-2H3/b28-26+/t25-/m0/s1. The Morgan fingerprint density at radius 3 is 2.48 bits per heavy atom. The van der Waals surface area contributed by atoms with E-state index in [-0.39, 0.29) is 5.92 Å². The van der Waals surface area contributed by atoms with Crippen LogP contribution in [-0.4, -0.2) is 42.2 Å². The molecule has 5 nitrogen and oxygen atoms in total. The lowest BCUT2D eigenvalue weighted by Crippen LogP contribution is -2.36. The fourth-order valence-corrected chi connectivity index (χ4v) is 4.26. The summed E-state index contributed by atoms with van der Waals surface area (Å²) in [7, 11) is 0. The molecule has 1 N–H and O–H groups in total. The van der Waals surface area contributed by atoms with Gasteiger partial charge >= 0.3 is 0 Å². The molecule has 160 valence electrons. The Kier molecular flexibility index (Phi) is 6.63. The lowest BCUT2D eigenvalue weighted by Gasteiger charge is -2.29. The molecule has 2 heterocycles. The van der Waals surface area contributed by atoms with Crippen LogP contribution in [0.5, 0.6) is 0 Å². The summed E-state index contributed by atoms with van der Waals surface area (Å²) in [5.41, 5.74) is 7.37. The second-order valence-electron chi connectivity index (χ2n) is 8.04. The van der Waals surface area contributed by atoms with Crippen LogP contribution in [0.2, 0.25) is 0 Å². The molecular formula is C26H29N3O2. The van der Waals surface area contributed by atoms with Crippen LogP contribution in [0.25, 0.3) is 0 Å². The highest BCUT2D eigenvalue weighted by Gasteiger charge is 2.21. The van der Waals surface area contributed by atoms with E-state index in [1.165, 1.54) is 22.4 Å². The number of rotatable bonds is 6. The first-order chi connectivity index (χ1) is 15.2. The van der Waals surface area contributed by atoms with Crippen LogP contribution in [0.15, 0.2) is 72.0 Å². The Morgan fingerprint density at radius 1 is 1.06 bits per heavy atom. The van der Waals surface area contributed by atoms with Gasteiger partial charge in [0, 0.05) is 48.6 Å². The Labute approximate surface area is 184 Å². The third-order valence-corrected chi connectivity index (χ3v) is 5.98. The summed E-state index contributed by atoms with van der Waals surface area (Å²) in [6, 6.07) is 21.1. The average molecular weight is 416 g/mol. The lowest BCUT2D eigenvalue weighted by molar-refractivity contribution is 0.122. The Morgan fingerprint density at radius 2 is 1.81 bits per heavy atom. The van der Waals surface area contributed by atoms with E-state index in [0.717, 1.165) is 37.6 Å². The maximum absolute atomic E-state index is 9.85. The van der Waals surface area contributed by atoms with Crippen molar-refractivity contribution in [1.82, 2.24) is 4.98 Å². The summed E-state index contributed by atoms with van der Waals surface area (Å²) < 4.78 is 5.48. The highest BCUT2D eigenvalue weighted by molar-refractivity contribution is 6.01. The molecule has 1 saturated heterocycles. The Balaban J connectivity index is 1.67. The van der Waals surface area contributed by atoms with Gasteiger partial charge in [0.1, 0.15) is 0 Å². The zero-order valence-electron chi connectivity index (χ0n) is 18.2. The molecule has 1 aliphatic rings. The number of hydrogen-bond donors (Lipinski definition) is 1. The number of hydrogen-bond acceptors (Lipinski definition) is 5. The molecule has 0 saturated carbocycles. The summed E-state index contributed by atoms with van der Waals surface area (Å²) in [4.78, 5) is 6.63. The van der Waals surface area contributed by atoms with Gasteiger partial charge < -0.3 is 14.8 Å². The van der Waals surface area contributed by atoms with Crippen LogP contribution < -0.4 is 4.90 Å². The largest absolute Gasteiger partial charge is 0.411 e. The van der Waals surface area contributed by atoms with Crippen molar-refractivity contribution in [3.63, 3.8) is 0 Å². The van der Waals surface area contributed by atoms with Crippen molar-refractivity contribution in [2.24, 2.45) is 5.16 Å². The van der Waals surface area contributed by atoms with E-state index in [1.807, 2.05) is 19.1 Å². The van der Waals surface area contributed by atoms with Gasteiger partial charge in [-0.1, -0.05) is 41.6 Å². The average Bonchev–Trinajstić information content (AvgIpc) is 2.81. The number of anilines is 1. The predicted octanol–water partition coefficient (Wildman–Crippen LogP) is 4.94. The van der Waals surface area contributed by atoms with E-state index >= 15 is 0 Å². The molecule has 1 aromatic heterocycles. The molecule has 1 atom stereocenters. The van der Waals surface area contributed by atoms with Gasteiger partial charge in [-0.2, -0.15) is 0 Å². The van der Waals surface area contributed by atoms with Gasteiger partial charge in [-0.15, -0.1) is 0 Å². The summed E-state index contributed by atoms with van der Waals surface area (Å²) in [6.45, 7) is 7.47. The quantitative estimate of drug-likeness (QED) is 0.352. The van der Waals surface area contributed by atoms with Crippen LogP contribution in [0.3, 0.4) is 0 Å². The van der Waals surface area contributed by atoms with Crippen LogP contribution in [0.1, 0.15) is 40.3 Å². The van der Waals surface area contributed by atoms with Gasteiger partial charge in [-0.05, 0) is 54.8 Å². The van der Waals surface area contributed by atoms with Gasteiger partial charge in [0.05, 0.1) is 18.9 Å². The predicted molar refractivity (Wildman–Crippen MR) is 124 cm³/mol. The zero-order valence-corrected chi connectivity index (χ0v) is 18.2. The van der Waals surface area contributed by atoms with Gasteiger partial charge in [-0.25, -0.2) is 0 Å². The summed E-state index contributed by atoms with van der Waals surface area (Å²) in [5.74, 6) is 0.0827. The molecule has 0 radical (unpaired) electrons. The van der Waals surface area contributed by atoms with Crippen LogP contribution >= 0.6 is 0 Å². The van der Waals surface area contributed by atoms with Gasteiger partial charge in [0.25, 0.3) is 0 Å². The molecule has 0 aliphatic carbocycles. The molecule has 1 aliphatic heterocycles. The lowest BCUT2D eigenvalue weighted by atomic mass is 9.83. The number of morpholine rings is 1. The number of pyridine rings is 1. The van der Waals surface area contributed by atoms with Crippen molar-refractivity contribution in [3.8, 4) is 0 Å². The highest BCUT2D eigenvalue weighted by atomic mass is 16.5. The van der Waals surface area contributed by atoms with Crippen molar-refractivity contribution in [2.75, 3.05) is 31.2 Å². The molecule has 0 unspecified atom stereocenters. The summed E-state index contributed by atoms with van der Waals surface area (Å²) >= 11 is 0. The molecule has 5 heteroatoms. The molecule has 1 fully saturated rings. The minimum absolute atomic E-state index is 0.0827. The number of aryl methyl sites for hydroxylation is 2. The van der Waals surface area contributed by atoms with Crippen molar-refractivity contribution in [2.45, 2.75) is 26.2 Å². The minimum Gasteiger partial charge on any atom is -0.411 e.